The Kier molecular flexibility index (Phi) is 4.18. The largest absolute Gasteiger partial charge is 0.347 e. The molecule has 1 amide bonds. The SMILES string of the molecule is Cc1cc(C)c2nc(Cl)c(C(=O)N3CCC4(CC3)OCCO4)cc2c1. The molecule has 132 valence electrons. The summed E-state index contributed by atoms with van der Waals surface area (Å²) >= 11 is 6.34. The van der Waals surface area contributed by atoms with Gasteiger partial charge in [0.15, 0.2) is 5.79 Å². The van der Waals surface area contributed by atoms with Crippen LogP contribution in [0.25, 0.3) is 10.9 Å². The number of pyridine rings is 1. The molecule has 1 aromatic carbocycles. The van der Waals surface area contributed by atoms with Gasteiger partial charge in [0, 0.05) is 31.3 Å². The van der Waals surface area contributed by atoms with Crippen LogP contribution in [0, 0.1) is 13.8 Å². The lowest BCUT2D eigenvalue weighted by Crippen LogP contribution is -2.47. The predicted molar refractivity (Wildman–Crippen MR) is 96.0 cm³/mol. The maximum atomic E-state index is 13.0. The minimum atomic E-state index is -0.490. The summed E-state index contributed by atoms with van der Waals surface area (Å²) in [4.78, 5) is 19.2. The second kappa shape index (κ2) is 6.24. The molecule has 6 heteroatoms. The lowest BCUT2D eigenvalue weighted by atomic mass is 10.0. The molecule has 2 fully saturated rings. The zero-order valence-electron chi connectivity index (χ0n) is 14.5. The number of ether oxygens (including phenoxy) is 2. The number of nitrogens with zero attached hydrogens (tertiary/aromatic N) is 2. The van der Waals surface area contributed by atoms with Crippen LogP contribution in [0.1, 0.15) is 34.3 Å². The first-order valence-electron chi connectivity index (χ1n) is 8.62. The highest BCUT2D eigenvalue weighted by molar-refractivity contribution is 6.33. The van der Waals surface area contributed by atoms with Crippen molar-refractivity contribution in [2.45, 2.75) is 32.5 Å². The number of hydrogen-bond acceptors (Lipinski definition) is 4. The van der Waals surface area contributed by atoms with E-state index in [1.807, 2.05) is 30.9 Å². The van der Waals surface area contributed by atoms with Crippen LogP contribution in [0.5, 0.6) is 0 Å². The van der Waals surface area contributed by atoms with Gasteiger partial charge in [-0.05, 0) is 31.5 Å². The first-order chi connectivity index (χ1) is 12.0. The van der Waals surface area contributed by atoms with Crippen LogP contribution >= 0.6 is 11.6 Å². The first kappa shape index (κ1) is 16.8. The topological polar surface area (TPSA) is 51.7 Å². The van der Waals surface area contributed by atoms with Gasteiger partial charge in [-0.1, -0.05) is 23.2 Å². The molecule has 2 saturated heterocycles. The number of halogens is 1. The summed E-state index contributed by atoms with van der Waals surface area (Å²) in [6, 6.07) is 5.96. The van der Waals surface area contributed by atoms with Crippen LogP contribution in [-0.2, 0) is 9.47 Å². The number of fused-ring (bicyclic) bond motifs is 1. The van der Waals surface area contributed by atoms with Crippen LogP contribution in [0.2, 0.25) is 5.15 Å². The molecule has 2 aromatic rings. The Balaban J connectivity index is 1.61. The predicted octanol–water partition coefficient (Wildman–Crippen LogP) is 3.48. The lowest BCUT2D eigenvalue weighted by molar-refractivity contribution is -0.181. The van der Waals surface area contributed by atoms with Crippen molar-refractivity contribution >= 4 is 28.4 Å². The number of aromatic nitrogens is 1. The van der Waals surface area contributed by atoms with Crippen LogP contribution in [-0.4, -0.2) is 47.9 Å². The van der Waals surface area contributed by atoms with Gasteiger partial charge in [0.05, 0.1) is 24.3 Å². The first-order valence-corrected chi connectivity index (χ1v) is 9.00. The Morgan fingerprint density at radius 3 is 2.52 bits per heavy atom. The van der Waals surface area contributed by atoms with Crippen LogP contribution in [0.15, 0.2) is 18.2 Å². The highest BCUT2D eigenvalue weighted by Gasteiger charge is 2.41. The molecule has 2 aliphatic heterocycles. The fraction of sp³-hybridized carbons (Fsp3) is 0.474. The molecular weight excluding hydrogens is 340 g/mol. The van der Waals surface area contributed by atoms with Gasteiger partial charge in [-0.25, -0.2) is 4.98 Å². The van der Waals surface area contributed by atoms with Crippen LogP contribution < -0.4 is 0 Å². The third-order valence-corrected chi connectivity index (χ3v) is 5.35. The molecule has 25 heavy (non-hydrogen) atoms. The molecule has 0 N–H and O–H groups in total. The van der Waals surface area contributed by atoms with Gasteiger partial charge >= 0.3 is 0 Å². The summed E-state index contributed by atoms with van der Waals surface area (Å²) in [6.07, 6.45) is 1.38. The van der Waals surface area contributed by atoms with Gasteiger partial charge < -0.3 is 14.4 Å². The van der Waals surface area contributed by atoms with E-state index in [-0.39, 0.29) is 11.1 Å². The van der Waals surface area contributed by atoms with Gasteiger partial charge in [-0.3, -0.25) is 4.79 Å². The van der Waals surface area contributed by atoms with Gasteiger partial charge in [0.25, 0.3) is 5.91 Å². The van der Waals surface area contributed by atoms with Crippen molar-refractivity contribution < 1.29 is 14.3 Å². The second-order valence-corrected chi connectivity index (χ2v) is 7.24. The van der Waals surface area contributed by atoms with Gasteiger partial charge in [-0.15, -0.1) is 0 Å². The zero-order valence-corrected chi connectivity index (χ0v) is 15.2. The third-order valence-electron chi connectivity index (χ3n) is 5.06. The van der Waals surface area contributed by atoms with E-state index in [1.165, 1.54) is 0 Å². The number of aryl methyl sites for hydroxylation is 2. The van der Waals surface area contributed by atoms with E-state index < -0.39 is 5.79 Å². The minimum Gasteiger partial charge on any atom is -0.347 e. The zero-order chi connectivity index (χ0) is 17.6. The molecule has 2 aliphatic rings. The fourth-order valence-corrected chi connectivity index (χ4v) is 4.01. The number of piperidine rings is 1. The average Bonchev–Trinajstić information content (AvgIpc) is 3.03. The summed E-state index contributed by atoms with van der Waals surface area (Å²) in [6.45, 7) is 6.50. The van der Waals surface area contributed by atoms with E-state index in [4.69, 9.17) is 21.1 Å². The molecule has 5 nitrogen and oxygen atoms in total. The quantitative estimate of drug-likeness (QED) is 0.730. The highest BCUT2D eigenvalue weighted by Crippen LogP contribution is 2.32. The minimum absolute atomic E-state index is 0.0774. The maximum Gasteiger partial charge on any atom is 0.257 e. The van der Waals surface area contributed by atoms with Crippen molar-refractivity contribution in [3.05, 3.63) is 40.0 Å². The molecular formula is C19H21ClN2O3. The normalized spacial score (nSPS) is 19.7. The summed E-state index contributed by atoms with van der Waals surface area (Å²) in [5, 5.41) is 1.21. The number of amides is 1. The van der Waals surface area contributed by atoms with Crippen molar-refractivity contribution in [1.29, 1.82) is 0 Å². The monoisotopic (exact) mass is 360 g/mol. The average molecular weight is 361 g/mol. The highest BCUT2D eigenvalue weighted by atomic mass is 35.5. The number of rotatable bonds is 1. The Morgan fingerprint density at radius 1 is 1.16 bits per heavy atom. The van der Waals surface area contributed by atoms with Crippen molar-refractivity contribution in [2.24, 2.45) is 0 Å². The van der Waals surface area contributed by atoms with E-state index in [0.29, 0.717) is 44.7 Å². The van der Waals surface area contributed by atoms with E-state index in [2.05, 4.69) is 11.1 Å². The Labute approximate surface area is 151 Å². The maximum absolute atomic E-state index is 13.0. The number of hydrogen-bond donors (Lipinski definition) is 0. The van der Waals surface area contributed by atoms with E-state index in [1.54, 1.807) is 0 Å². The third kappa shape index (κ3) is 3.01. The summed E-state index contributed by atoms with van der Waals surface area (Å²) < 4.78 is 11.4. The van der Waals surface area contributed by atoms with E-state index in [9.17, 15) is 4.79 Å². The number of carbonyl (C=O) groups excluding carboxylic acids is 1. The smallest absolute Gasteiger partial charge is 0.257 e. The molecule has 0 saturated carbocycles. The molecule has 0 atom stereocenters. The number of carbonyl (C=O) groups is 1. The van der Waals surface area contributed by atoms with Gasteiger partial charge in [-0.2, -0.15) is 0 Å². The van der Waals surface area contributed by atoms with E-state index >= 15 is 0 Å². The molecule has 1 aromatic heterocycles. The molecule has 3 heterocycles. The second-order valence-electron chi connectivity index (χ2n) is 6.88. The van der Waals surface area contributed by atoms with Gasteiger partial charge in [0.1, 0.15) is 5.15 Å². The number of likely N-dealkylation sites (tertiary alicyclic amines) is 1. The molecule has 1 spiro atoms. The molecule has 0 bridgehead atoms. The standard InChI is InChI=1S/C19H21ClN2O3/c1-12-9-13(2)16-14(10-12)11-15(17(20)21-16)18(23)22-5-3-19(4-6-22)24-7-8-25-19/h9-11H,3-8H2,1-2H3. The Morgan fingerprint density at radius 2 is 1.84 bits per heavy atom. The molecule has 0 unspecified atom stereocenters. The van der Waals surface area contributed by atoms with Crippen molar-refractivity contribution in [3.8, 4) is 0 Å². The Hall–Kier alpha value is -1.69. The number of benzene rings is 1. The van der Waals surface area contributed by atoms with Gasteiger partial charge in [0.2, 0.25) is 0 Å². The molecule has 0 radical (unpaired) electrons. The van der Waals surface area contributed by atoms with Crippen LogP contribution in [0.4, 0.5) is 0 Å². The summed E-state index contributed by atoms with van der Waals surface area (Å²) in [7, 11) is 0. The molecule has 4 rings (SSSR count). The fourth-order valence-electron chi connectivity index (χ4n) is 3.79. The summed E-state index contributed by atoms with van der Waals surface area (Å²) in [5.74, 6) is -0.567. The van der Waals surface area contributed by atoms with Crippen LogP contribution in [0.3, 0.4) is 0 Å². The Bertz CT molecular complexity index is 836. The van der Waals surface area contributed by atoms with E-state index in [0.717, 1.165) is 22.0 Å². The molecule has 0 aliphatic carbocycles. The van der Waals surface area contributed by atoms with Crippen molar-refractivity contribution in [2.75, 3.05) is 26.3 Å². The van der Waals surface area contributed by atoms with Crippen molar-refractivity contribution in [3.63, 3.8) is 0 Å². The summed E-state index contributed by atoms with van der Waals surface area (Å²) in [5.41, 5.74) is 3.51. The van der Waals surface area contributed by atoms with Crippen molar-refractivity contribution in [1.82, 2.24) is 9.88 Å². The lowest BCUT2D eigenvalue weighted by Gasteiger charge is -2.37.